The smallest absolute Gasteiger partial charge is 0.341 e. The van der Waals surface area contributed by atoms with Gasteiger partial charge >= 0.3 is 6.18 Å². The Morgan fingerprint density at radius 3 is 2.25 bits per heavy atom. The van der Waals surface area contributed by atoms with E-state index in [1.54, 1.807) is 0 Å². The molecule has 1 atom stereocenters. The van der Waals surface area contributed by atoms with E-state index in [0.29, 0.717) is 6.42 Å². The summed E-state index contributed by atoms with van der Waals surface area (Å²) in [4.78, 5) is 11.4. The first-order valence-corrected chi connectivity index (χ1v) is 5.32. The van der Waals surface area contributed by atoms with Gasteiger partial charge in [-0.1, -0.05) is 13.8 Å². The number of carbonyl (C=O) groups excluding carboxylic acids is 1. The molecule has 3 N–H and O–H groups in total. The molecule has 1 fully saturated rings. The summed E-state index contributed by atoms with van der Waals surface area (Å²) in [5.41, 5.74) is 3.52. The molecule has 6 heteroatoms. The van der Waals surface area contributed by atoms with E-state index in [4.69, 9.17) is 5.73 Å². The molecule has 0 aromatic heterocycles. The molecule has 1 saturated carbocycles. The molecule has 16 heavy (non-hydrogen) atoms. The van der Waals surface area contributed by atoms with Crippen molar-refractivity contribution in [1.82, 2.24) is 5.32 Å². The van der Waals surface area contributed by atoms with Crippen LogP contribution in [-0.2, 0) is 4.79 Å². The summed E-state index contributed by atoms with van der Waals surface area (Å²) in [5.74, 6) is -0.523. The second kappa shape index (κ2) is 4.24. The molecule has 94 valence electrons. The molecule has 0 aliphatic heterocycles. The summed E-state index contributed by atoms with van der Waals surface area (Å²) in [7, 11) is 0. The highest BCUT2D eigenvalue weighted by atomic mass is 19.4. The Labute approximate surface area is 92.6 Å². The third-order valence-electron chi connectivity index (χ3n) is 2.72. The lowest BCUT2D eigenvalue weighted by Gasteiger charge is -2.23. The Morgan fingerprint density at radius 2 is 1.94 bits per heavy atom. The molecule has 0 spiro atoms. The van der Waals surface area contributed by atoms with Crippen LogP contribution in [0, 0.1) is 5.92 Å². The van der Waals surface area contributed by atoms with Gasteiger partial charge in [-0.3, -0.25) is 4.79 Å². The van der Waals surface area contributed by atoms with E-state index < -0.39 is 23.7 Å². The Morgan fingerprint density at radius 1 is 1.44 bits per heavy atom. The maximum Gasteiger partial charge on any atom is 0.411 e. The van der Waals surface area contributed by atoms with Crippen molar-refractivity contribution in [1.29, 1.82) is 0 Å². The number of hydrogen-bond acceptors (Lipinski definition) is 2. The zero-order valence-corrected chi connectivity index (χ0v) is 9.40. The van der Waals surface area contributed by atoms with E-state index in [2.05, 4.69) is 0 Å². The van der Waals surface area contributed by atoms with Crippen molar-refractivity contribution >= 4 is 5.91 Å². The molecule has 0 bridgehead atoms. The van der Waals surface area contributed by atoms with Crippen molar-refractivity contribution in [2.24, 2.45) is 11.7 Å². The quantitative estimate of drug-likeness (QED) is 0.781. The highest BCUT2D eigenvalue weighted by Crippen LogP contribution is 2.48. The Hall–Kier alpha value is -0.780. The summed E-state index contributed by atoms with van der Waals surface area (Å²) in [6.07, 6.45) is -4.08. The van der Waals surface area contributed by atoms with Gasteiger partial charge in [0.2, 0.25) is 5.91 Å². The van der Waals surface area contributed by atoms with E-state index in [1.807, 2.05) is 19.2 Å². The number of carbonyl (C=O) groups is 1. The lowest BCUT2D eigenvalue weighted by molar-refractivity contribution is -0.170. The van der Waals surface area contributed by atoms with Gasteiger partial charge < -0.3 is 11.1 Å². The van der Waals surface area contributed by atoms with Gasteiger partial charge in [-0.05, 0) is 25.2 Å². The molecule has 3 nitrogen and oxygen atoms in total. The molecular formula is C10H17F3N2O. The van der Waals surface area contributed by atoms with Crippen LogP contribution >= 0.6 is 0 Å². The van der Waals surface area contributed by atoms with Crippen molar-refractivity contribution in [3.63, 3.8) is 0 Å². The van der Waals surface area contributed by atoms with Crippen molar-refractivity contribution < 1.29 is 18.0 Å². The molecule has 0 heterocycles. The molecule has 0 radical (unpaired) electrons. The highest BCUT2D eigenvalue weighted by molar-refractivity contribution is 5.82. The van der Waals surface area contributed by atoms with Crippen LogP contribution in [0.1, 0.15) is 33.1 Å². The van der Waals surface area contributed by atoms with Crippen LogP contribution in [0.4, 0.5) is 13.2 Å². The minimum Gasteiger partial charge on any atom is -0.341 e. The van der Waals surface area contributed by atoms with E-state index in [1.165, 1.54) is 0 Å². The standard InChI is InChI=1S/C10H17F3N2O/c1-6(2)5-7(14)8(16)15-9(3-4-9)10(11,12)13/h6-7H,3-5,14H2,1-2H3,(H,15,16). The molecule has 0 aromatic carbocycles. The molecule has 1 unspecified atom stereocenters. The first kappa shape index (κ1) is 13.3. The van der Waals surface area contributed by atoms with Gasteiger partial charge in [-0.15, -0.1) is 0 Å². The molecule has 1 rings (SSSR count). The van der Waals surface area contributed by atoms with Gasteiger partial charge in [0, 0.05) is 0 Å². The van der Waals surface area contributed by atoms with E-state index in [-0.39, 0.29) is 18.8 Å². The summed E-state index contributed by atoms with van der Waals surface area (Å²) in [6.45, 7) is 3.73. The maximum absolute atomic E-state index is 12.5. The van der Waals surface area contributed by atoms with E-state index in [9.17, 15) is 18.0 Å². The minimum atomic E-state index is -4.37. The summed E-state index contributed by atoms with van der Waals surface area (Å²) in [5, 5.41) is 2.02. The summed E-state index contributed by atoms with van der Waals surface area (Å²) >= 11 is 0. The number of nitrogens with one attached hydrogen (secondary N) is 1. The van der Waals surface area contributed by atoms with Crippen LogP contribution in [0.3, 0.4) is 0 Å². The zero-order chi connectivity index (χ0) is 12.6. The number of halogens is 3. The second-order valence-electron chi connectivity index (χ2n) is 4.81. The SMILES string of the molecule is CC(C)CC(N)C(=O)NC1(C(F)(F)F)CC1. The molecule has 1 aliphatic carbocycles. The Kier molecular flexibility index (Phi) is 3.52. The van der Waals surface area contributed by atoms with Crippen LogP contribution in [0.2, 0.25) is 0 Å². The number of rotatable bonds is 4. The highest BCUT2D eigenvalue weighted by Gasteiger charge is 2.64. The fraction of sp³-hybridized carbons (Fsp3) is 0.900. The molecule has 0 saturated heterocycles. The van der Waals surface area contributed by atoms with Gasteiger partial charge in [0.1, 0.15) is 5.54 Å². The van der Waals surface area contributed by atoms with Crippen LogP contribution in [0.5, 0.6) is 0 Å². The first-order chi connectivity index (χ1) is 7.18. The van der Waals surface area contributed by atoms with Gasteiger partial charge in [0.25, 0.3) is 0 Å². The van der Waals surface area contributed by atoms with Crippen LogP contribution < -0.4 is 11.1 Å². The normalized spacial score (nSPS) is 20.7. The van der Waals surface area contributed by atoms with Crippen molar-refractivity contribution in [3.8, 4) is 0 Å². The van der Waals surface area contributed by atoms with Gasteiger partial charge in [-0.25, -0.2) is 0 Å². The van der Waals surface area contributed by atoms with Crippen LogP contribution in [0.25, 0.3) is 0 Å². The van der Waals surface area contributed by atoms with E-state index in [0.717, 1.165) is 0 Å². The van der Waals surface area contributed by atoms with Crippen molar-refractivity contribution in [2.45, 2.75) is 50.9 Å². The maximum atomic E-state index is 12.5. The molecular weight excluding hydrogens is 221 g/mol. The van der Waals surface area contributed by atoms with Gasteiger partial charge in [0.05, 0.1) is 6.04 Å². The average molecular weight is 238 g/mol. The van der Waals surface area contributed by atoms with E-state index >= 15 is 0 Å². The minimum absolute atomic E-state index is 0.0450. The van der Waals surface area contributed by atoms with Crippen LogP contribution in [0.15, 0.2) is 0 Å². The topological polar surface area (TPSA) is 55.1 Å². The van der Waals surface area contributed by atoms with Gasteiger partial charge in [-0.2, -0.15) is 13.2 Å². The Balaban J connectivity index is 2.52. The molecule has 1 amide bonds. The predicted molar refractivity (Wildman–Crippen MR) is 53.6 cm³/mol. The number of alkyl halides is 3. The fourth-order valence-electron chi connectivity index (χ4n) is 1.55. The average Bonchev–Trinajstić information content (AvgIpc) is 2.82. The largest absolute Gasteiger partial charge is 0.411 e. The third-order valence-corrected chi connectivity index (χ3v) is 2.72. The fourth-order valence-corrected chi connectivity index (χ4v) is 1.55. The first-order valence-electron chi connectivity index (χ1n) is 5.32. The molecule has 0 aromatic rings. The number of amides is 1. The lowest BCUT2D eigenvalue weighted by Crippen LogP contribution is -2.53. The summed E-state index contributed by atoms with van der Waals surface area (Å²) in [6, 6.07) is -0.861. The van der Waals surface area contributed by atoms with Gasteiger partial charge in [0.15, 0.2) is 0 Å². The third kappa shape index (κ3) is 2.87. The molecule has 1 aliphatic rings. The van der Waals surface area contributed by atoms with Crippen LogP contribution in [-0.4, -0.2) is 23.7 Å². The summed E-state index contributed by atoms with van der Waals surface area (Å²) < 4.78 is 37.6. The zero-order valence-electron chi connectivity index (χ0n) is 9.40. The number of hydrogen-bond donors (Lipinski definition) is 2. The predicted octanol–water partition coefficient (Wildman–Crippen LogP) is 1.57. The number of nitrogens with two attached hydrogens (primary N) is 1. The lowest BCUT2D eigenvalue weighted by atomic mass is 10.0. The second-order valence-corrected chi connectivity index (χ2v) is 4.81. The van der Waals surface area contributed by atoms with Crippen molar-refractivity contribution in [3.05, 3.63) is 0 Å². The Bertz CT molecular complexity index is 272. The van der Waals surface area contributed by atoms with Crippen molar-refractivity contribution in [2.75, 3.05) is 0 Å². The monoisotopic (exact) mass is 238 g/mol.